The maximum Gasteiger partial charge on any atom is 0.247 e. The van der Waals surface area contributed by atoms with Crippen molar-refractivity contribution in [2.24, 2.45) is 0 Å². The quantitative estimate of drug-likeness (QED) is 0.567. The number of carbonyl (C=O) groups is 2. The lowest BCUT2D eigenvalue weighted by Gasteiger charge is -2.17. The summed E-state index contributed by atoms with van der Waals surface area (Å²) in [6.45, 7) is 6.47. The summed E-state index contributed by atoms with van der Waals surface area (Å²) in [5.74, 6) is 0.480. The molecule has 1 fully saturated rings. The number of hydrogen-bond acceptors (Lipinski definition) is 6. The van der Waals surface area contributed by atoms with Crippen LogP contribution in [-0.2, 0) is 9.59 Å². The summed E-state index contributed by atoms with van der Waals surface area (Å²) in [6.07, 6.45) is 0.191. The molecule has 1 aromatic heterocycles. The van der Waals surface area contributed by atoms with Gasteiger partial charge in [0.25, 0.3) is 0 Å². The summed E-state index contributed by atoms with van der Waals surface area (Å²) in [5.41, 5.74) is 3.58. The summed E-state index contributed by atoms with van der Waals surface area (Å²) in [7, 11) is 0. The number of anilines is 1. The van der Waals surface area contributed by atoms with Crippen molar-refractivity contribution in [3.05, 3.63) is 47.5 Å². The van der Waals surface area contributed by atoms with Gasteiger partial charge in [0.2, 0.25) is 11.8 Å². The van der Waals surface area contributed by atoms with Crippen LogP contribution in [-0.4, -0.2) is 28.7 Å². The van der Waals surface area contributed by atoms with E-state index in [0.29, 0.717) is 12.3 Å². The van der Waals surface area contributed by atoms with Gasteiger partial charge in [-0.3, -0.25) is 9.59 Å². The Bertz CT molecular complexity index is 1080. The van der Waals surface area contributed by atoms with Crippen LogP contribution in [0.1, 0.15) is 24.5 Å². The van der Waals surface area contributed by atoms with E-state index < -0.39 is 5.25 Å². The molecule has 144 valence electrons. The molecule has 0 N–H and O–H groups in total. The van der Waals surface area contributed by atoms with E-state index in [-0.39, 0.29) is 18.2 Å². The minimum absolute atomic E-state index is 0.158. The molecule has 0 aliphatic carbocycles. The molecule has 0 saturated carbocycles. The maximum atomic E-state index is 13.0. The SMILES string of the molecule is CCOc1ccc2nc(SC3CC(=O)N(c4ccc(C)cc4C)C3=O)sc2c1. The molecule has 2 amide bonds. The summed E-state index contributed by atoms with van der Waals surface area (Å²) in [5, 5.41) is -0.444. The monoisotopic (exact) mass is 412 g/mol. The van der Waals surface area contributed by atoms with Gasteiger partial charge >= 0.3 is 0 Å². The van der Waals surface area contributed by atoms with Crippen molar-refractivity contribution in [1.29, 1.82) is 0 Å². The standard InChI is InChI=1S/C21H20N2O3S2/c1-4-26-14-6-7-15-17(10-14)27-21(22-15)28-18-11-19(24)23(20(18)25)16-8-5-12(2)9-13(16)3/h5-10,18H,4,11H2,1-3H3. The van der Waals surface area contributed by atoms with Crippen LogP contribution in [0.3, 0.4) is 0 Å². The van der Waals surface area contributed by atoms with Crippen LogP contribution in [0.4, 0.5) is 5.69 Å². The molecule has 0 spiro atoms. The van der Waals surface area contributed by atoms with Gasteiger partial charge in [0, 0.05) is 6.42 Å². The maximum absolute atomic E-state index is 13.0. The number of imide groups is 1. The lowest BCUT2D eigenvalue weighted by molar-refractivity contribution is -0.121. The molecule has 1 aliphatic rings. The zero-order valence-corrected chi connectivity index (χ0v) is 17.5. The van der Waals surface area contributed by atoms with Crippen LogP contribution in [0.25, 0.3) is 10.2 Å². The topological polar surface area (TPSA) is 59.5 Å². The van der Waals surface area contributed by atoms with E-state index in [1.165, 1.54) is 28.0 Å². The molecule has 1 atom stereocenters. The fourth-order valence-corrected chi connectivity index (χ4v) is 5.68. The lowest BCUT2D eigenvalue weighted by Crippen LogP contribution is -2.31. The van der Waals surface area contributed by atoms with Gasteiger partial charge in [0.15, 0.2) is 4.34 Å². The predicted octanol–water partition coefficient (Wildman–Crippen LogP) is 4.74. The van der Waals surface area contributed by atoms with E-state index in [2.05, 4.69) is 4.98 Å². The third kappa shape index (κ3) is 3.52. The molecule has 2 heterocycles. The number of thiazole rings is 1. The van der Waals surface area contributed by atoms with Gasteiger partial charge in [-0.05, 0) is 50.6 Å². The van der Waals surface area contributed by atoms with E-state index in [0.717, 1.165) is 31.4 Å². The molecule has 3 aromatic rings. The van der Waals surface area contributed by atoms with Crippen molar-refractivity contribution in [2.75, 3.05) is 11.5 Å². The number of nitrogens with zero attached hydrogens (tertiary/aromatic N) is 2. The van der Waals surface area contributed by atoms with Gasteiger partial charge in [-0.2, -0.15) is 0 Å². The number of hydrogen-bond donors (Lipinski definition) is 0. The number of aryl methyl sites for hydroxylation is 2. The normalized spacial score (nSPS) is 17.0. The van der Waals surface area contributed by atoms with Crippen molar-refractivity contribution in [3.63, 3.8) is 0 Å². The summed E-state index contributed by atoms with van der Waals surface area (Å²) < 4.78 is 7.34. The zero-order chi connectivity index (χ0) is 19.8. The van der Waals surface area contributed by atoms with E-state index in [1.54, 1.807) is 0 Å². The highest BCUT2D eigenvalue weighted by Crippen LogP contribution is 2.39. The Balaban J connectivity index is 1.56. The first-order valence-electron chi connectivity index (χ1n) is 9.10. The second-order valence-corrected chi connectivity index (χ2v) is 9.19. The van der Waals surface area contributed by atoms with E-state index >= 15 is 0 Å². The summed E-state index contributed by atoms with van der Waals surface area (Å²) in [4.78, 5) is 31.5. The Morgan fingerprint density at radius 2 is 2.04 bits per heavy atom. The highest BCUT2D eigenvalue weighted by atomic mass is 32.2. The van der Waals surface area contributed by atoms with Crippen LogP contribution in [0.5, 0.6) is 5.75 Å². The summed E-state index contributed by atoms with van der Waals surface area (Å²) >= 11 is 2.89. The predicted molar refractivity (Wildman–Crippen MR) is 113 cm³/mol. The number of thioether (sulfide) groups is 1. The minimum Gasteiger partial charge on any atom is -0.494 e. The number of carbonyl (C=O) groups excluding carboxylic acids is 2. The first-order chi connectivity index (χ1) is 13.5. The van der Waals surface area contributed by atoms with Crippen LogP contribution in [0, 0.1) is 13.8 Å². The number of fused-ring (bicyclic) bond motifs is 1. The molecule has 2 aromatic carbocycles. The number of rotatable bonds is 5. The van der Waals surface area contributed by atoms with Gasteiger partial charge in [0.1, 0.15) is 11.0 Å². The van der Waals surface area contributed by atoms with Gasteiger partial charge in [-0.15, -0.1) is 11.3 Å². The highest BCUT2D eigenvalue weighted by Gasteiger charge is 2.41. The molecule has 28 heavy (non-hydrogen) atoms. The van der Waals surface area contributed by atoms with Gasteiger partial charge < -0.3 is 4.74 Å². The smallest absolute Gasteiger partial charge is 0.247 e. The third-order valence-electron chi connectivity index (χ3n) is 4.59. The average Bonchev–Trinajstić information content (AvgIpc) is 3.16. The lowest BCUT2D eigenvalue weighted by atomic mass is 10.1. The van der Waals surface area contributed by atoms with Crippen molar-refractivity contribution < 1.29 is 14.3 Å². The second kappa shape index (κ2) is 7.56. The van der Waals surface area contributed by atoms with E-state index in [1.807, 2.05) is 57.2 Å². The van der Waals surface area contributed by atoms with Crippen LogP contribution < -0.4 is 9.64 Å². The molecule has 4 rings (SSSR count). The van der Waals surface area contributed by atoms with E-state index in [4.69, 9.17) is 4.74 Å². The highest BCUT2D eigenvalue weighted by molar-refractivity contribution is 8.02. The number of aromatic nitrogens is 1. The second-order valence-electron chi connectivity index (χ2n) is 6.71. The van der Waals surface area contributed by atoms with Crippen molar-refractivity contribution in [3.8, 4) is 5.75 Å². The van der Waals surface area contributed by atoms with Gasteiger partial charge in [-0.25, -0.2) is 9.88 Å². The molecular formula is C21H20N2O3S2. The first kappa shape index (κ1) is 19.0. The molecular weight excluding hydrogens is 392 g/mol. The average molecular weight is 413 g/mol. The first-order valence-corrected chi connectivity index (χ1v) is 10.8. The van der Waals surface area contributed by atoms with Gasteiger partial charge in [0.05, 0.1) is 22.5 Å². The molecule has 5 nitrogen and oxygen atoms in total. The van der Waals surface area contributed by atoms with Crippen molar-refractivity contribution in [1.82, 2.24) is 4.98 Å². The summed E-state index contributed by atoms with van der Waals surface area (Å²) in [6, 6.07) is 11.5. The molecule has 7 heteroatoms. The molecule has 0 radical (unpaired) electrons. The van der Waals surface area contributed by atoms with Crippen LogP contribution >= 0.6 is 23.1 Å². The van der Waals surface area contributed by atoms with Crippen molar-refractivity contribution in [2.45, 2.75) is 36.8 Å². The Kier molecular flexibility index (Phi) is 5.12. The van der Waals surface area contributed by atoms with Crippen LogP contribution in [0.2, 0.25) is 0 Å². The number of benzene rings is 2. The zero-order valence-electron chi connectivity index (χ0n) is 15.9. The van der Waals surface area contributed by atoms with E-state index in [9.17, 15) is 9.59 Å². The Labute approximate surface area is 171 Å². The Morgan fingerprint density at radius 3 is 2.79 bits per heavy atom. The number of ether oxygens (including phenoxy) is 1. The van der Waals surface area contributed by atoms with Crippen molar-refractivity contribution >= 4 is 50.8 Å². The third-order valence-corrected chi connectivity index (χ3v) is 6.89. The molecule has 0 bridgehead atoms. The Hall–Kier alpha value is -2.38. The fraction of sp³-hybridized carbons (Fsp3) is 0.286. The molecule has 1 aliphatic heterocycles. The molecule has 1 unspecified atom stereocenters. The Morgan fingerprint density at radius 1 is 1.21 bits per heavy atom. The largest absolute Gasteiger partial charge is 0.494 e. The van der Waals surface area contributed by atoms with Crippen LogP contribution in [0.15, 0.2) is 40.7 Å². The minimum atomic E-state index is -0.444. The number of amides is 2. The fourth-order valence-electron chi connectivity index (χ4n) is 3.32. The molecule has 1 saturated heterocycles. The van der Waals surface area contributed by atoms with Gasteiger partial charge in [-0.1, -0.05) is 29.5 Å².